The van der Waals surface area contributed by atoms with Gasteiger partial charge in [-0.25, -0.2) is 14.8 Å². The van der Waals surface area contributed by atoms with Crippen LogP contribution in [0.3, 0.4) is 0 Å². The van der Waals surface area contributed by atoms with E-state index in [9.17, 15) is 10.1 Å². The van der Waals surface area contributed by atoms with Gasteiger partial charge in [0.25, 0.3) is 0 Å². The predicted molar refractivity (Wildman–Crippen MR) is 109 cm³/mol. The van der Waals surface area contributed by atoms with Gasteiger partial charge in [-0.15, -0.1) is 0 Å². The number of nitrogens with zero attached hydrogens (tertiary/aromatic N) is 5. The zero-order chi connectivity index (χ0) is 19.5. The van der Waals surface area contributed by atoms with Gasteiger partial charge in [-0.2, -0.15) is 5.26 Å². The first-order chi connectivity index (χ1) is 14.2. The third-order valence-electron chi connectivity index (χ3n) is 6.47. The van der Waals surface area contributed by atoms with Crippen LogP contribution >= 0.6 is 0 Å². The molecule has 0 aromatic carbocycles. The molecule has 8 heteroatoms. The summed E-state index contributed by atoms with van der Waals surface area (Å²) in [7, 11) is 0. The Labute approximate surface area is 165 Å². The number of pyridine rings is 2. The fraction of sp³-hybridized carbons (Fsp3) is 0.333. The van der Waals surface area contributed by atoms with Crippen molar-refractivity contribution in [3.05, 3.63) is 52.8 Å². The number of aromatic amines is 2. The summed E-state index contributed by atoms with van der Waals surface area (Å²) in [5.41, 5.74) is 3.07. The minimum atomic E-state index is -0.0713. The molecule has 8 nitrogen and oxygen atoms in total. The summed E-state index contributed by atoms with van der Waals surface area (Å²) in [6.07, 6.45) is 9.23. The third-order valence-corrected chi connectivity index (χ3v) is 6.47. The fourth-order valence-electron chi connectivity index (χ4n) is 5.33. The van der Waals surface area contributed by atoms with Gasteiger partial charge in [-0.3, -0.25) is 4.57 Å². The zero-order valence-corrected chi connectivity index (χ0v) is 15.7. The monoisotopic (exact) mass is 385 g/mol. The van der Waals surface area contributed by atoms with E-state index in [1.165, 1.54) is 0 Å². The smallest absolute Gasteiger partial charge is 0.326 e. The number of aromatic nitrogens is 5. The van der Waals surface area contributed by atoms with Gasteiger partial charge in [0, 0.05) is 35.9 Å². The Bertz CT molecular complexity index is 1330. The molecule has 29 heavy (non-hydrogen) atoms. The number of rotatable bonds is 2. The van der Waals surface area contributed by atoms with Crippen LogP contribution in [0.5, 0.6) is 0 Å². The van der Waals surface area contributed by atoms with Gasteiger partial charge in [0.15, 0.2) is 0 Å². The first-order valence-corrected chi connectivity index (χ1v) is 9.93. The first-order valence-electron chi connectivity index (χ1n) is 9.93. The van der Waals surface area contributed by atoms with E-state index in [0.29, 0.717) is 17.6 Å². The summed E-state index contributed by atoms with van der Waals surface area (Å²) in [6.45, 7) is 0. The van der Waals surface area contributed by atoms with Crippen LogP contribution < -0.4 is 10.6 Å². The fourth-order valence-corrected chi connectivity index (χ4v) is 5.33. The number of H-pyrrole nitrogens is 2. The average Bonchev–Trinajstić information content (AvgIpc) is 3.41. The molecule has 3 atom stereocenters. The molecule has 2 fully saturated rings. The maximum absolute atomic E-state index is 12.9. The Balaban J connectivity index is 1.41. The largest absolute Gasteiger partial charge is 0.350 e. The minimum absolute atomic E-state index is 0.0713. The highest BCUT2D eigenvalue weighted by Gasteiger charge is 2.42. The van der Waals surface area contributed by atoms with E-state index in [2.05, 4.69) is 30.9 Å². The lowest BCUT2D eigenvalue weighted by atomic mass is 9.96. The van der Waals surface area contributed by atoms with E-state index in [1.807, 2.05) is 22.9 Å². The summed E-state index contributed by atoms with van der Waals surface area (Å²) < 4.78 is 1.94. The highest BCUT2D eigenvalue weighted by Crippen LogP contribution is 2.43. The molecule has 4 aromatic rings. The second-order valence-corrected chi connectivity index (χ2v) is 7.99. The molecule has 2 saturated heterocycles. The molecule has 144 valence electrons. The first kappa shape index (κ1) is 16.4. The molecule has 0 spiro atoms. The molecule has 0 unspecified atom stereocenters. The summed E-state index contributed by atoms with van der Waals surface area (Å²) in [5.74, 6) is 0.874. The van der Waals surface area contributed by atoms with Crippen molar-refractivity contribution in [2.75, 3.05) is 4.90 Å². The van der Waals surface area contributed by atoms with Gasteiger partial charge in [0.2, 0.25) is 0 Å². The Hall–Kier alpha value is -3.60. The highest BCUT2D eigenvalue weighted by molar-refractivity contribution is 6.00. The van der Waals surface area contributed by atoms with E-state index < -0.39 is 0 Å². The molecule has 0 saturated carbocycles. The van der Waals surface area contributed by atoms with Crippen LogP contribution in [0.15, 0.2) is 41.6 Å². The number of nitrogens with one attached hydrogen (secondary N) is 2. The van der Waals surface area contributed by atoms with Crippen molar-refractivity contribution < 1.29 is 0 Å². The van der Waals surface area contributed by atoms with Crippen LogP contribution in [-0.2, 0) is 0 Å². The Morgan fingerprint density at radius 2 is 1.97 bits per heavy atom. The molecular formula is C21H19N7O. The van der Waals surface area contributed by atoms with Crippen molar-refractivity contribution in [2.24, 2.45) is 0 Å². The van der Waals surface area contributed by atoms with Crippen LogP contribution in [0.25, 0.3) is 22.1 Å². The van der Waals surface area contributed by atoms with E-state index >= 15 is 0 Å². The van der Waals surface area contributed by atoms with Crippen LogP contribution in [0.1, 0.15) is 37.3 Å². The number of fused-ring (bicyclic) bond motifs is 5. The van der Waals surface area contributed by atoms with Gasteiger partial charge >= 0.3 is 5.69 Å². The molecule has 0 aliphatic carbocycles. The summed E-state index contributed by atoms with van der Waals surface area (Å²) in [5, 5.41) is 10.2. The number of hydrogen-bond acceptors (Lipinski definition) is 5. The Morgan fingerprint density at radius 1 is 1.14 bits per heavy atom. The molecule has 2 aliphatic rings. The molecular weight excluding hydrogens is 366 g/mol. The lowest BCUT2D eigenvalue weighted by molar-refractivity contribution is 0.335. The maximum Gasteiger partial charge on any atom is 0.326 e. The molecule has 2 bridgehead atoms. The standard InChI is InChI=1S/C21H19N7O/c22-10-12-3-5-23-18(7-12)27-13-1-2-14(27)9-15(8-13)28-19-16-4-6-24-20(16)25-11-17(19)26-21(28)29/h3-7,11,13-15H,1-2,8-9H2,(H,24,25)(H,26,29)/t13-,14+,15-. The average molecular weight is 385 g/mol. The van der Waals surface area contributed by atoms with Crippen LogP contribution in [-0.4, -0.2) is 36.6 Å². The number of piperidine rings is 1. The van der Waals surface area contributed by atoms with E-state index in [-0.39, 0.29) is 11.7 Å². The lowest BCUT2D eigenvalue weighted by Gasteiger charge is -2.40. The van der Waals surface area contributed by atoms with Gasteiger partial charge in [0.05, 0.1) is 28.9 Å². The van der Waals surface area contributed by atoms with Gasteiger partial charge < -0.3 is 14.9 Å². The topological polar surface area (TPSA) is 106 Å². The molecule has 0 amide bonds. The Kier molecular flexibility index (Phi) is 3.36. The van der Waals surface area contributed by atoms with Crippen molar-refractivity contribution in [2.45, 2.75) is 43.8 Å². The minimum Gasteiger partial charge on any atom is -0.350 e. The lowest BCUT2D eigenvalue weighted by Crippen LogP contribution is -2.45. The predicted octanol–water partition coefficient (Wildman–Crippen LogP) is 2.85. The van der Waals surface area contributed by atoms with E-state index in [4.69, 9.17) is 0 Å². The molecule has 0 radical (unpaired) electrons. The van der Waals surface area contributed by atoms with Gasteiger partial charge in [-0.1, -0.05) is 0 Å². The van der Waals surface area contributed by atoms with Crippen molar-refractivity contribution in [3.8, 4) is 6.07 Å². The number of anilines is 1. The van der Waals surface area contributed by atoms with Crippen LogP contribution in [0, 0.1) is 11.3 Å². The van der Waals surface area contributed by atoms with Crippen molar-refractivity contribution in [1.29, 1.82) is 5.26 Å². The second-order valence-electron chi connectivity index (χ2n) is 7.99. The van der Waals surface area contributed by atoms with Crippen molar-refractivity contribution in [3.63, 3.8) is 0 Å². The molecule has 4 aromatic heterocycles. The highest BCUT2D eigenvalue weighted by atomic mass is 16.1. The molecule has 6 rings (SSSR count). The SMILES string of the molecule is N#Cc1ccnc(N2[C@@H]3CC[C@H]2C[C@H](n2c(=O)[nH]c4cnc5[nH]ccc5c42)C3)c1. The Morgan fingerprint density at radius 3 is 2.76 bits per heavy atom. The summed E-state index contributed by atoms with van der Waals surface area (Å²) in [4.78, 5) is 30.3. The summed E-state index contributed by atoms with van der Waals surface area (Å²) >= 11 is 0. The number of nitriles is 1. The maximum atomic E-state index is 12.9. The summed E-state index contributed by atoms with van der Waals surface area (Å²) in [6, 6.07) is 8.57. The molecule has 2 aliphatic heterocycles. The molecule has 2 N–H and O–H groups in total. The number of hydrogen-bond donors (Lipinski definition) is 2. The third kappa shape index (κ3) is 2.34. The normalized spacial score (nSPS) is 23.7. The zero-order valence-electron chi connectivity index (χ0n) is 15.7. The van der Waals surface area contributed by atoms with Crippen LogP contribution in [0.4, 0.5) is 5.82 Å². The second kappa shape index (κ2) is 5.95. The van der Waals surface area contributed by atoms with Crippen molar-refractivity contribution >= 4 is 27.9 Å². The molecule has 6 heterocycles. The van der Waals surface area contributed by atoms with Crippen LogP contribution in [0.2, 0.25) is 0 Å². The van der Waals surface area contributed by atoms with Gasteiger partial charge in [0.1, 0.15) is 11.5 Å². The van der Waals surface area contributed by atoms with E-state index in [0.717, 1.165) is 53.6 Å². The van der Waals surface area contributed by atoms with Gasteiger partial charge in [-0.05, 0) is 43.9 Å². The van der Waals surface area contributed by atoms with Crippen molar-refractivity contribution in [1.82, 2.24) is 24.5 Å². The quantitative estimate of drug-likeness (QED) is 0.552. The van der Waals surface area contributed by atoms with E-state index in [1.54, 1.807) is 18.5 Å². The number of imidazole rings is 1.